The molecule has 1 N–H and O–H groups in total. The summed E-state index contributed by atoms with van der Waals surface area (Å²) < 4.78 is 5.37. The highest BCUT2D eigenvalue weighted by Crippen LogP contribution is 2.30. The molecule has 1 aliphatic carbocycles. The molecule has 2 aliphatic rings. The number of morpholine rings is 1. The van der Waals surface area contributed by atoms with Gasteiger partial charge in [0.15, 0.2) is 0 Å². The average molecular weight is 441 g/mol. The van der Waals surface area contributed by atoms with Gasteiger partial charge in [-0.15, -0.1) is 0 Å². The number of anilines is 2. The first-order chi connectivity index (χ1) is 16.0. The molecule has 4 heterocycles. The van der Waals surface area contributed by atoms with Crippen LogP contribution in [0.25, 0.3) is 10.8 Å². The third kappa shape index (κ3) is 4.41. The van der Waals surface area contributed by atoms with Gasteiger partial charge < -0.3 is 15.0 Å². The maximum absolute atomic E-state index is 12.3. The second kappa shape index (κ2) is 8.60. The van der Waals surface area contributed by atoms with Crippen LogP contribution in [0.3, 0.4) is 0 Å². The van der Waals surface area contributed by atoms with E-state index in [1.54, 1.807) is 36.5 Å². The summed E-state index contributed by atoms with van der Waals surface area (Å²) in [6, 6.07) is 5.48. The molecule has 5 rings (SSSR count). The van der Waals surface area contributed by atoms with Crippen LogP contribution in [0.15, 0.2) is 36.8 Å². The molecule has 3 aromatic heterocycles. The number of amides is 2. The zero-order valence-electron chi connectivity index (χ0n) is 18.5. The minimum absolute atomic E-state index is 0.0118. The van der Waals surface area contributed by atoms with Gasteiger partial charge in [0.1, 0.15) is 17.6 Å². The summed E-state index contributed by atoms with van der Waals surface area (Å²) in [5, 5.41) is 4.65. The highest BCUT2D eigenvalue weighted by molar-refractivity contribution is 5.97. The van der Waals surface area contributed by atoms with Crippen molar-refractivity contribution in [3.05, 3.63) is 53.7 Å². The van der Waals surface area contributed by atoms with Gasteiger partial charge in [-0.3, -0.25) is 14.6 Å². The third-order valence-corrected chi connectivity index (χ3v) is 5.85. The minimum Gasteiger partial charge on any atom is -0.367 e. The Kier molecular flexibility index (Phi) is 5.48. The number of hydrogen-bond donors (Lipinski definition) is 1. The molecule has 33 heavy (non-hydrogen) atoms. The van der Waals surface area contributed by atoms with E-state index >= 15 is 0 Å². The largest absolute Gasteiger partial charge is 0.367 e. The van der Waals surface area contributed by atoms with E-state index in [9.17, 15) is 9.59 Å². The van der Waals surface area contributed by atoms with E-state index in [4.69, 9.17) is 4.74 Å². The van der Waals surface area contributed by atoms with Gasteiger partial charge in [-0.05, 0) is 50.8 Å². The molecule has 1 unspecified atom stereocenters. The van der Waals surface area contributed by atoms with Crippen molar-refractivity contribution in [1.82, 2.24) is 15.0 Å². The number of pyridine rings is 3. The van der Waals surface area contributed by atoms with Crippen LogP contribution in [0.5, 0.6) is 0 Å². The van der Waals surface area contributed by atoms with E-state index in [-0.39, 0.29) is 17.7 Å². The van der Waals surface area contributed by atoms with Gasteiger partial charge in [0, 0.05) is 41.3 Å². The van der Waals surface area contributed by atoms with Crippen LogP contribution in [0, 0.1) is 24.7 Å². The van der Waals surface area contributed by atoms with Gasteiger partial charge in [-0.1, -0.05) is 5.92 Å². The predicted octanol–water partition coefficient (Wildman–Crippen LogP) is 2.83. The average Bonchev–Trinajstić information content (AvgIpc) is 3.67. The Labute approximate surface area is 191 Å². The van der Waals surface area contributed by atoms with E-state index in [0.717, 1.165) is 40.6 Å². The summed E-state index contributed by atoms with van der Waals surface area (Å²) in [7, 11) is 0. The van der Waals surface area contributed by atoms with Crippen LogP contribution in [0.1, 0.15) is 36.7 Å². The van der Waals surface area contributed by atoms with Crippen LogP contribution in [-0.2, 0) is 14.3 Å². The van der Waals surface area contributed by atoms with Crippen molar-refractivity contribution in [3.63, 3.8) is 0 Å². The molecule has 3 aromatic rings. The number of nitrogens with zero attached hydrogens (tertiary/aromatic N) is 4. The fourth-order valence-electron chi connectivity index (χ4n) is 3.74. The quantitative estimate of drug-likeness (QED) is 0.628. The monoisotopic (exact) mass is 441 g/mol. The Morgan fingerprint density at radius 1 is 1.12 bits per heavy atom. The molecule has 166 valence electrons. The molecule has 8 nitrogen and oxygen atoms in total. The normalized spacial score (nSPS) is 18.1. The lowest BCUT2D eigenvalue weighted by Crippen LogP contribution is -2.46. The number of nitrogens with one attached hydrogen (secondary N) is 1. The van der Waals surface area contributed by atoms with E-state index in [2.05, 4.69) is 32.1 Å². The molecule has 1 aliphatic heterocycles. The lowest BCUT2D eigenvalue weighted by Gasteiger charge is -2.30. The molecule has 0 radical (unpaired) electrons. The van der Waals surface area contributed by atoms with E-state index in [1.165, 1.54) is 0 Å². The third-order valence-electron chi connectivity index (χ3n) is 5.85. The van der Waals surface area contributed by atoms with Crippen LogP contribution < -0.4 is 10.2 Å². The predicted molar refractivity (Wildman–Crippen MR) is 124 cm³/mol. The van der Waals surface area contributed by atoms with Crippen molar-refractivity contribution < 1.29 is 14.3 Å². The summed E-state index contributed by atoms with van der Waals surface area (Å²) in [5.74, 6) is 6.78. The Balaban J connectivity index is 1.41. The summed E-state index contributed by atoms with van der Waals surface area (Å²) in [4.78, 5) is 39.3. The van der Waals surface area contributed by atoms with Gasteiger partial charge in [0.05, 0.1) is 24.1 Å². The topological polar surface area (TPSA) is 97.3 Å². The highest BCUT2D eigenvalue weighted by atomic mass is 16.5. The maximum Gasteiger partial charge on any atom is 0.255 e. The van der Waals surface area contributed by atoms with Crippen LogP contribution in [-0.4, -0.2) is 46.0 Å². The number of aryl methyl sites for hydroxylation is 1. The standard InChI is InChI=1S/C25H23N5O3/c1-15-22-14-28-23(29-24(31)17-3-4-17)11-21(22)18(12-26-15)5-6-19-7-8-20(13-27-19)30-9-10-33-16(2)25(30)32/h7-8,11-14,16-17H,3-4,9-10H2,1-2H3,(H,28,29,31). The van der Waals surface area contributed by atoms with Crippen molar-refractivity contribution in [1.29, 1.82) is 0 Å². The first-order valence-corrected chi connectivity index (χ1v) is 11.0. The SMILES string of the molecule is Cc1ncc(C#Cc2ccc(N3CCOC(C)C3=O)cn2)c2cc(NC(=O)C3CC3)ncc12. The highest BCUT2D eigenvalue weighted by Gasteiger charge is 2.30. The second-order valence-electron chi connectivity index (χ2n) is 8.29. The summed E-state index contributed by atoms with van der Waals surface area (Å²) >= 11 is 0. The number of hydrogen-bond acceptors (Lipinski definition) is 6. The summed E-state index contributed by atoms with van der Waals surface area (Å²) in [5.41, 5.74) is 2.88. The molecule has 0 bridgehead atoms. The Hall–Kier alpha value is -3.83. The molecule has 1 saturated carbocycles. The van der Waals surface area contributed by atoms with Crippen molar-refractivity contribution in [3.8, 4) is 11.8 Å². The fraction of sp³-hybridized carbons (Fsp3) is 0.320. The zero-order valence-corrected chi connectivity index (χ0v) is 18.5. The number of rotatable bonds is 3. The number of carbonyl (C=O) groups excluding carboxylic acids is 2. The first kappa shape index (κ1) is 21.0. The Morgan fingerprint density at radius 2 is 1.97 bits per heavy atom. The number of carbonyl (C=O) groups is 2. The Bertz CT molecular complexity index is 1310. The number of ether oxygens (including phenoxy) is 1. The molecule has 1 atom stereocenters. The van der Waals surface area contributed by atoms with Gasteiger partial charge in [0.2, 0.25) is 5.91 Å². The van der Waals surface area contributed by atoms with Gasteiger partial charge >= 0.3 is 0 Å². The van der Waals surface area contributed by atoms with E-state index < -0.39 is 6.10 Å². The summed E-state index contributed by atoms with van der Waals surface area (Å²) in [6.07, 6.45) is 6.51. The molecule has 8 heteroatoms. The second-order valence-corrected chi connectivity index (χ2v) is 8.29. The van der Waals surface area contributed by atoms with Gasteiger partial charge in [-0.25, -0.2) is 9.97 Å². The number of fused-ring (bicyclic) bond motifs is 1. The van der Waals surface area contributed by atoms with E-state index in [1.807, 2.05) is 19.1 Å². The van der Waals surface area contributed by atoms with Crippen molar-refractivity contribution in [2.24, 2.45) is 5.92 Å². The van der Waals surface area contributed by atoms with Crippen LogP contribution in [0.2, 0.25) is 0 Å². The lowest BCUT2D eigenvalue weighted by molar-refractivity contribution is -0.132. The number of aromatic nitrogens is 3. The van der Waals surface area contributed by atoms with Gasteiger partial charge in [-0.2, -0.15) is 0 Å². The Morgan fingerprint density at radius 3 is 2.73 bits per heavy atom. The van der Waals surface area contributed by atoms with Crippen LogP contribution in [0.4, 0.5) is 11.5 Å². The smallest absolute Gasteiger partial charge is 0.255 e. The molecule has 0 spiro atoms. The lowest BCUT2D eigenvalue weighted by atomic mass is 10.1. The minimum atomic E-state index is -0.450. The van der Waals surface area contributed by atoms with Crippen molar-refractivity contribution >= 4 is 34.1 Å². The molecule has 2 fully saturated rings. The molecular weight excluding hydrogens is 418 g/mol. The van der Waals surface area contributed by atoms with E-state index in [0.29, 0.717) is 24.7 Å². The van der Waals surface area contributed by atoms with Gasteiger partial charge in [0.25, 0.3) is 5.91 Å². The van der Waals surface area contributed by atoms with Crippen molar-refractivity contribution in [2.75, 3.05) is 23.4 Å². The fourth-order valence-corrected chi connectivity index (χ4v) is 3.74. The molecule has 1 saturated heterocycles. The maximum atomic E-state index is 12.3. The molecular formula is C25H23N5O3. The van der Waals surface area contributed by atoms with Crippen LogP contribution >= 0.6 is 0 Å². The zero-order chi connectivity index (χ0) is 22.9. The first-order valence-electron chi connectivity index (χ1n) is 11.0. The molecule has 2 amide bonds. The summed E-state index contributed by atoms with van der Waals surface area (Å²) in [6.45, 7) is 4.67. The van der Waals surface area contributed by atoms with Crippen molar-refractivity contribution in [2.45, 2.75) is 32.8 Å². The molecule has 0 aromatic carbocycles.